The molecule has 1 saturated heterocycles. The Kier molecular flexibility index (Phi) is 17.5. The minimum Gasteiger partial charge on any atom is -0.399 e. The van der Waals surface area contributed by atoms with E-state index in [1.54, 1.807) is 0 Å². The fraction of sp³-hybridized carbons (Fsp3) is 0.152. The van der Waals surface area contributed by atoms with Gasteiger partial charge in [-0.15, -0.1) is 20.1 Å². The number of hydrogen-bond donors (Lipinski definition) is 0. The molecule has 14 aromatic carbocycles. The van der Waals surface area contributed by atoms with Crippen LogP contribution >= 0.6 is 36.0 Å². The number of nitrogens with zero attached hydrogens (tertiary/aromatic N) is 2. The Labute approximate surface area is 645 Å². The van der Waals surface area contributed by atoms with Crippen LogP contribution in [-0.4, -0.2) is 18.3 Å². The first-order chi connectivity index (χ1) is 50.5. The maximum absolute atomic E-state index is 6.24. The Hall–Kier alpha value is -10.2. The van der Waals surface area contributed by atoms with E-state index in [1.165, 1.54) is 145 Å². The van der Waals surface area contributed by atoms with Crippen molar-refractivity contribution in [1.82, 2.24) is 0 Å². The molecule has 7 heterocycles. The molecule has 0 amide bonds. The quantitative estimate of drug-likeness (QED) is 0.164. The minimum absolute atomic E-state index is 0. The molecule has 7 aliphatic heterocycles. The van der Waals surface area contributed by atoms with Gasteiger partial charge in [-0.25, -0.2) is 0 Å². The van der Waals surface area contributed by atoms with E-state index in [1.807, 2.05) is 0 Å². The number of hydrogen-bond acceptors (Lipinski definition) is 4. The highest BCUT2D eigenvalue weighted by molar-refractivity contribution is 9.10. The van der Waals surface area contributed by atoms with Crippen molar-refractivity contribution in [2.24, 2.45) is 0 Å². The van der Waals surface area contributed by atoms with Gasteiger partial charge in [-0.3, -0.25) is 0 Å². The first kappa shape index (κ1) is 71.1. The zero-order chi connectivity index (χ0) is 70.7. The van der Waals surface area contributed by atoms with E-state index in [0.717, 1.165) is 15.6 Å². The van der Waals surface area contributed by atoms with Crippen molar-refractivity contribution >= 4 is 82.7 Å². The third-order valence-corrected chi connectivity index (χ3v) is 32.1. The largest absolute Gasteiger partial charge is 0.494 e. The van der Waals surface area contributed by atoms with Crippen molar-refractivity contribution in [2.45, 2.75) is 139 Å². The van der Waals surface area contributed by atoms with E-state index in [4.69, 9.17) is 9.31 Å². The summed E-state index contributed by atoms with van der Waals surface area (Å²) in [6, 6.07) is 121. The van der Waals surface area contributed by atoms with Gasteiger partial charge >= 0.3 is 7.12 Å². The molecule has 8 heteroatoms. The number of halogens is 1. The summed E-state index contributed by atoms with van der Waals surface area (Å²) < 4.78 is 13.6. The highest BCUT2D eigenvalue weighted by Gasteiger charge is 2.53. The van der Waals surface area contributed by atoms with E-state index < -0.39 is 20.1 Å². The van der Waals surface area contributed by atoms with Crippen LogP contribution in [0, 0.1) is 0 Å². The third kappa shape index (κ3) is 10.4. The van der Waals surface area contributed by atoms with Crippen LogP contribution in [0.3, 0.4) is 0 Å². The molecule has 0 radical (unpaired) electrons. The Morgan fingerprint density at radius 2 is 0.533 bits per heavy atom. The lowest BCUT2D eigenvalue weighted by Gasteiger charge is -2.42. The summed E-state index contributed by atoms with van der Waals surface area (Å²) in [5.74, 6) is 0. The van der Waals surface area contributed by atoms with Gasteiger partial charge in [-0.05, 0) is 226 Å². The van der Waals surface area contributed by atoms with Gasteiger partial charge in [-0.1, -0.05) is 278 Å². The lowest BCUT2D eigenvalue weighted by atomic mass is 9.73. The van der Waals surface area contributed by atoms with Gasteiger partial charge in [-0.2, -0.15) is 0 Å². The van der Waals surface area contributed by atoms with Gasteiger partial charge in [0.15, 0.2) is 0 Å². The third-order valence-electron chi connectivity index (χ3n) is 23.5. The molecule has 0 atom stereocenters. The van der Waals surface area contributed by atoms with Gasteiger partial charge in [0.25, 0.3) is 0 Å². The summed E-state index contributed by atoms with van der Waals surface area (Å²) in [4.78, 5) is 16.6. The molecule has 14 aromatic rings. The van der Waals surface area contributed by atoms with Crippen molar-refractivity contribution in [3.05, 3.63) is 354 Å². The van der Waals surface area contributed by atoms with Crippen LogP contribution in [0.25, 0.3) is 55.6 Å². The predicted molar refractivity (Wildman–Crippen MR) is 458 cm³/mol. The predicted octanol–water partition coefficient (Wildman–Crippen LogP) is 28.5. The number of anilines is 6. The van der Waals surface area contributed by atoms with E-state index in [9.17, 15) is 0 Å². The second kappa shape index (κ2) is 26.4. The standard InChI is InChI=1S/C45H33NS.C27H30BNO2.C24H15BrS.3CH4/c1-45(2)37-16-6-8-18-39(37)46(40-19-9-7-17-38(40)45)32-26-23-30(24-27-32)31-25-28-44-36(29-31)35-15-5-12-22-43(35)47(44)41-20-10-3-13-33(41)34-14-4-11-21-42(34)47;1-25(2)21-11-7-9-13-23(21)29(24-14-10-8-12-22(24)25)20-17-15-19(16-18-20)28-30-26(3,4)27(5,6)31-28;25-16-13-14-24-20(15-16)19-9-3-6-12-23(19)26(24)21-10-4-1-7-17(21)18-8-2-5-11-22(18)26;;;/h3-29H,1-2H3;7-18H,1-6H3;1-15H;3*1H4. The van der Waals surface area contributed by atoms with Crippen LogP contribution in [0.1, 0.15) is 99.9 Å². The molecule has 0 N–H and O–H groups in total. The Bertz CT molecular complexity index is 5630. The molecule has 4 nitrogen and oxygen atoms in total. The van der Waals surface area contributed by atoms with E-state index in [-0.39, 0.29) is 51.4 Å². The summed E-state index contributed by atoms with van der Waals surface area (Å²) in [7, 11) is -3.31. The lowest BCUT2D eigenvalue weighted by Crippen LogP contribution is -2.41. The van der Waals surface area contributed by atoms with Crippen LogP contribution in [0.5, 0.6) is 0 Å². The van der Waals surface area contributed by atoms with Gasteiger partial charge in [0.2, 0.25) is 0 Å². The first-order valence-corrected chi connectivity index (χ1v) is 40.3. The highest BCUT2D eigenvalue weighted by Crippen LogP contribution is 2.86. The molecule has 530 valence electrons. The van der Waals surface area contributed by atoms with E-state index in [2.05, 4.69) is 409 Å². The van der Waals surface area contributed by atoms with Crippen LogP contribution in [0.15, 0.2) is 371 Å². The maximum atomic E-state index is 6.24. The molecule has 21 rings (SSSR count). The Morgan fingerprint density at radius 1 is 0.271 bits per heavy atom. The molecule has 0 bridgehead atoms. The van der Waals surface area contributed by atoms with Crippen molar-refractivity contribution < 1.29 is 9.31 Å². The van der Waals surface area contributed by atoms with Crippen molar-refractivity contribution in [1.29, 1.82) is 0 Å². The highest BCUT2D eigenvalue weighted by atomic mass is 79.9. The Morgan fingerprint density at radius 3 is 0.879 bits per heavy atom. The smallest absolute Gasteiger partial charge is 0.399 e. The monoisotopic (exact) mass is 1490 g/mol. The molecule has 107 heavy (non-hydrogen) atoms. The average Bonchev–Trinajstić information content (AvgIpc) is 1.51. The number of fused-ring (bicyclic) bond motifs is 24. The average molecular weight is 1490 g/mol. The minimum atomic E-state index is -1.56. The topological polar surface area (TPSA) is 24.9 Å². The zero-order valence-electron chi connectivity index (χ0n) is 59.7. The zero-order valence-corrected chi connectivity index (χ0v) is 62.9. The van der Waals surface area contributed by atoms with Crippen molar-refractivity contribution in [2.75, 3.05) is 9.80 Å². The van der Waals surface area contributed by atoms with Gasteiger partial charge in [0.05, 0.1) is 34.0 Å². The van der Waals surface area contributed by atoms with E-state index in [0.29, 0.717) is 0 Å². The number of benzene rings is 14. The summed E-state index contributed by atoms with van der Waals surface area (Å²) in [5, 5.41) is 0. The first-order valence-electron chi connectivity index (χ1n) is 36.2. The second-order valence-corrected chi connectivity index (χ2v) is 37.2. The van der Waals surface area contributed by atoms with Crippen LogP contribution in [-0.2, 0) is 20.1 Å². The van der Waals surface area contributed by atoms with Crippen LogP contribution in [0.2, 0.25) is 0 Å². The fourth-order valence-electron chi connectivity index (χ4n) is 17.8. The molecule has 0 aromatic heterocycles. The summed E-state index contributed by atoms with van der Waals surface area (Å²) in [5.41, 5.74) is 26.4. The van der Waals surface area contributed by atoms with Crippen LogP contribution < -0.4 is 15.3 Å². The SMILES string of the molecule is Brc1ccc2c(c1)-c1ccccc1S21c2ccccc2-c2ccccc21.C.C.C.CC1(C)c2ccccc2N(c2ccc(-c3ccc4c(c3)-c3ccccc3S43c4ccccc4-c4ccccc43)cc2)c2ccccc21.CC1(C)c2ccccc2N(c2ccc(B3OC(C)(C)C(C)(C)O3)cc2)c2ccccc21. The molecule has 0 aliphatic carbocycles. The molecule has 0 saturated carbocycles. The number of para-hydroxylation sites is 4. The second-order valence-electron chi connectivity index (χ2n) is 30.3. The Balaban J connectivity index is 0.000000127. The normalized spacial score (nSPS) is 16.8. The molecule has 7 aliphatic rings. The van der Waals surface area contributed by atoms with Crippen LogP contribution in [0.4, 0.5) is 34.1 Å². The van der Waals surface area contributed by atoms with Gasteiger partial charge < -0.3 is 19.1 Å². The summed E-state index contributed by atoms with van der Waals surface area (Å²) in [6.07, 6.45) is 0. The van der Waals surface area contributed by atoms with Gasteiger partial charge in [0, 0.05) is 65.8 Å². The lowest BCUT2D eigenvalue weighted by molar-refractivity contribution is 0.00578. The molecular weight excluding hydrogens is 1400 g/mol. The van der Waals surface area contributed by atoms with E-state index >= 15 is 0 Å². The number of rotatable bonds is 4. The molecule has 1 fully saturated rings. The summed E-state index contributed by atoms with van der Waals surface area (Å²) >= 11 is 3.69. The summed E-state index contributed by atoms with van der Waals surface area (Å²) in [6.45, 7) is 17.6. The molecular formula is C99H90BBrN2O2S2. The van der Waals surface area contributed by atoms with Gasteiger partial charge in [0.1, 0.15) is 0 Å². The maximum Gasteiger partial charge on any atom is 0.494 e. The van der Waals surface area contributed by atoms with Crippen molar-refractivity contribution in [3.8, 4) is 55.6 Å². The molecule has 2 spiro atoms. The fourth-order valence-corrected chi connectivity index (χ4v) is 27.3. The van der Waals surface area contributed by atoms with Crippen molar-refractivity contribution in [3.63, 3.8) is 0 Å². The molecule has 0 unspecified atom stereocenters.